The normalized spacial score (nSPS) is 12.8. The van der Waals surface area contributed by atoms with Gasteiger partial charge in [0.2, 0.25) is 0 Å². The first-order valence-electron chi connectivity index (χ1n) is 6.12. The summed E-state index contributed by atoms with van der Waals surface area (Å²) in [6.07, 6.45) is 3.11. The lowest BCUT2D eigenvalue weighted by Gasteiger charge is -2.26. The summed E-state index contributed by atoms with van der Waals surface area (Å²) in [4.78, 5) is 29.6. The van der Waals surface area contributed by atoms with E-state index in [1.165, 1.54) is 19.6 Å². The smallest absolute Gasteiger partial charge is 0.326 e. The van der Waals surface area contributed by atoms with Gasteiger partial charge in [0, 0.05) is 25.4 Å². The average Bonchev–Trinajstić information content (AvgIpc) is 2.79. The summed E-state index contributed by atoms with van der Waals surface area (Å²) in [5, 5.41) is 14.2. The number of methoxy groups -OCH3 is 1. The zero-order valence-electron chi connectivity index (χ0n) is 11.8. The van der Waals surface area contributed by atoms with Gasteiger partial charge in [-0.25, -0.2) is 14.6 Å². The molecule has 2 amide bonds. The average molecular weight is 284 g/mol. The van der Waals surface area contributed by atoms with Gasteiger partial charge in [-0.1, -0.05) is 0 Å². The van der Waals surface area contributed by atoms with Crippen LogP contribution in [-0.2, 0) is 16.0 Å². The SMILES string of the molecule is COCC(C)(C)NC(=O)NC(Cc1cnc[nH]1)C(=O)O. The standard InChI is InChI=1S/C12H20N4O4/c1-12(2,6-20-3)16-11(19)15-9(10(17)18)4-8-5-13-7-14-8/h5,7,9H,4,6H2,1-3H3,(H,13,14)(H,17,18)(H2,15,16,19). The summed E-state index contributed by atoms with van der Waals surface area (Å²) < 4.78 is 4.97. The van der Waals surface area contributed by atoms with Gasteiger partial charge < -0.3 is 25.5 Å². The van der Waals surface area contributed by atoms with Crippen LogP contribution in [0.15, 0.2) is 12.5 Å². The molecule has 1 rings (SSSR count). The van der Waals surface area contributed by atoms with Crippen LogP contribution >= 0.6 is 0 Å². The third-order valence-corrected chi connectivity index (χ3v) is 2.54. The summed E-state index contributed by atoms with van der Waals surface area (Å²) in [6.45, 7) is 3.88. The van der Waals surface area contributed by atoms with Crippen LogP contribution in [0.1, 0.15) is 19.5 Å². The van der Waals surface area contributed by atoms with Crippen molar-refractivity contribution in [1.82, 2.24) is 20.6 Å². The van der Waals surface area contributed by atoms with Crippen molar-refractivity contribution < 1.29 is 19.4 Å². The molecule has 0 spiro atoms. The van der Waals surface area contributed by atoms with Crippen molar-refractivity contribution in [3.63, 3.8) is 0 Å². The Bertz CT molecular complexity index is 444. The van der Waals surface area contributed by atoms with Crippen LogP contribution in [0.5, 0.6) is 0 Å². The molecule has 1 unspecified atom stereocenters. The molecule has 0 radical (unpaired) electrons. The number of imidazole rings is 1. The van der Waals surface area contributed by atoms with Crippen molar-refractivity contribution in [2.45, 2.75) is 31.8 Å². The van der Waals surface area contributed by atoms with E-state index in [-0.39, 0.29) is 6.42 Å². The van der Waals surface area contributed by atoms with Gasteiger partial charge in [0.25, 0.3) is 0 Å². The number of carbonyl (C=O) groups is 2. The molecule has 0 aromatic carbocycles. The maximum absolute atomic E-state index is 11.8. The summed E-state index contributed by atoms with van der Waals surface area (Å²) >= 11 is 0. The molecule has 0 aliphatic carbocycles. The number of carboxylic acids is 1. The highest BCUT2D eigenvalue weighted by Gasteiger charge is 2.25. The first-order chi connectivity index (χ1) is 9.34. The van der Waals surface area contributed by atoms with E-state index in [1.807, 2.05) is 0 Å². The molecular formula is C12H20N4O4. The fourth-order valence-corrected chi connectivity index (χ4v) is 1.71. The number of aliphatic carboxylic acids is 1. The van der Waals surface area contributed by atoms with E-state index in [1.54, 1.807) is 13.8 Å². The minimum absolute atomic E-state index is 0.132. The molecule has 1 aromatic heterocycles. The quantitative estimate of drug-likeness (QED) is 0.568. The largest absolute Gasteiger partial charge is 0.480 e. The number of amides is 2. The summed E-state index contributed by atoms with van der Waals surface area (Å²) in [6, 6.07) is -1.59. The summed E-state index contributed by atoms with van der Waals surface area (Å²) in [5.74, 6) is -1.11. The van der Waals surface area contributed by atoms with Crippen LogP contribution in [-0.4, -0.2) is 52.4 Å². The second-order valence-corrected chi connectivity index (χ2v) is 5.09. The number of carbonyl (C=O) groups excluding carboxylic acids is 1. The lowest BCUT2D eigenvalue weighted by Crippen LogP contribution is -2.54. The molecule has 8 heteroatoms. The number of aromatic amines is 1. The molecule has 0 fully saturated rings. The fraction of sp³-hybridized carbons (Fsp3) is 0.583. The van der Waals surface area contributed by atoms with E-state index in [0.717, 1.165) is 0 Å². The number of nitrogens with one attached hydrogen (secondary N) is 3. The van der Waals surface area contributed by atoms with Crippen molar-refractivity contribution in [2.24, 2.45) is 0 Å². The van der Waals surface area contributed by atoms with Gasteiger partial charge in [0.05, 0.1) is 18.5 Å². The number of H-pyrrole nitrogens is 1. The van der Waals surface area contributed by atoms with E-state index in [4.69, 9.17) is 9.84 Å². The van der Waals surface area contributed by atoms with Crippen LogP contribution in [0, 0.1) is 0 Å². The molecular weight excluding hydrogens is 264 g/mol. The van der Waals surface area contributed by atoms with Crippen LogP contribution in [0.4, 0.5) is 4.79 Å². The van der Waals surface area contributed by atoms with Gasteiger partial charge in [0.15, 0.2) is 0 Å². The summed E-state index contributed by atoms with van der Waals surface area (Å²) in [7, 11) is 1.53. The monoisotopic (exact) mass is 284 g/mol. The first kappa shape index (κ1) is 16.0. The molecule has 1 aromatic rings. The fourth-order valence-electron chi connectivity index (χ4n) is 1.71. The number of hydrogen-bond donors (Lipinski definition) is 4. The Morgan fingerprint density at radius 3 is 2.75 bits per heavy atom. The van der Waals surface area contributed by atoms with Crippen molar-refractivity contribution >= 4 is 12.0 Å². The Kier molecular flexibility index (Phi) is 5.51. The van der Waals surface area contributed by atoms with E-state index in [0.29, 0.717) is 12.3 Å². The molecule has 112 valence electrons. The number of aromatic nitrogens is 2. The van der Waals surface area contributed by atoms with Gasteiger partial charge in [-0.3, -0.25) is 0 Å². The predicted octanol–water partition coefficient (Wildman–Crippen LogP) is 0.130. The highest BCUT2D eigenvalue weighted by atomic mass is 16.5. The molecule has 1 atom stereocenters. The minimum Gasteiger partial charge on any atom is -0.480 e. The molecule has 20 heavy (non-hydrogen) atoms. The van der Waals surface area contributed by atoms with E-state index in [2.05, 4.69) is 20.6 Å². The Morgan fingerprint density at radius 1 is 1.55 bits per heavy atom. The molecule has 0 saturated carbocycles. The first-order valence-corrected chi connectivity index (χ1v) is 6.12. The molecule has 1 heterocycles. The molecule has 8 nitrogen and oxygen atoms in total. The van der Waals surface area contributed by atoms with Gasteiger partial charge in [-0.05, 0) is 13.8 Å². The van der Waals surface area contributed by atoms with Gasteiger partial charge >= 0.3 is 12.0 Å². The number of urea groups is 1. The second kappa shape index (κ2) is 6.90. The number of hydrogen-bond acceptors (Lipinski definition) is 4. The van der Waals surface area contributed by atoms with E-state index < -0.39 is 23.6 Å². The third-order valence-electron chi connectivity index (χ3n) is 2.54. The van der Waals surface area contributed by atoms with Crippen LogP contribution in [0.25, 0.3) is 0 Å². The number of nitrogens with zero attached hydrogens (tertiary/aromatic N) is 1. The van der Waals surface area contributed by atoms with Gasteiger partial charge in [0.1, 0.15) is 6.04 Å². The second-order valence-electron chi connectivity index (χ2n) is 5.09. The Balaban J connectivity index is 2.57. The molecule has 0 aliphatic heterocycles. The number of rotatable bonds is 7. The van der Waals surface area contributed by atoms with Crippen LogP contribution < -0.4 is 10.6 Å². The van der Waals surface area contributed by atoms with Gasteiger partial charge in [-0.2, -0.15) is 0 Å². The van der Waals surface area contributed by atoms with E-state index in [9.17, 15) is 9.59 Å². The lowest BCUT2D eigenvalue weighted by molar-refractivity contribution is -0.139. The number of ether oxygens (including phenoxy) is 1. The topological polar surface area (TPSA) is 116 Å². The van der Waals surface area contributed by atoms with Crippen molar-refractivity contribution in [1.29, 1.82) is 0 Å². The van der Waals surface area contributed by atoms with E-state index >= 15 is 0 Å². The summed E-state index contributed by atoms with van der Waals surface area (Å²) in [5.41, 5.74) is 0.0458. The zero-order chi connectivity index (χ0) is 15.2. The molecule has 0 aliphatic rings. The minimum atomic E-state index is -1.11. The van der Waals surface area contributed by atoms with Crippen molar-refractivity contribution in [2.75, 3.05) is 13.7 Å². The van der Waals surface area contributed by atoms with Crippen LogP contribution in [0.2, 0.25) is 0 Å². The highest BCUT2D eigenvalue weighted by molar-refractivity contribution is 5.83. The lowest BCUT2D eigenvalue weighted by atomic mass is 10.1. The van der Waals surface area contributed by atoms with Crippen molar-refractivity contribution in [3.8, 4) is 0 Å². The highest BCUT2D eigenvalue weighted by Crippen LogP contribution is 2.03. The predicted molar refractivity (Wildman–Crippen MR) is 71.3 cm³/mol. The van der Waals surface area contributed by atoms with Crippen LogP contribution in [0.3, 0.4) is 0 Å². The Labute approximate surface area is 116 Å². The zero-order valence-corrected chi connectivity index (χ0v) is 11.8. The molecule has 0 saturated heterocycles. The Morgan fingerprint density at radius 2 is 2.25 bits per heavy atom. The molecule has 0 bridgehead atoms. The third kappa shape index (κ3) is 5.27. The van der Waals surface area contributed by atoms with Crippen molar-refractivity contribution in [3.05, 3.63) is 18.2 Å². The maximum Gasteiger partial charge on any atom is 0.326 e. The maximum atomic E-state index is 11.8. The molecule has 4 N–H and O–H groups in total. The number of carboxylic acid groups (broad SMARTS) is 1. The van der Waals surface area contributed by atoms with Gasteiger partial charge in [-0.15, -0.1) is 0 Å². The Hall–Kier alpha value is -2.09.